The summed E-state index contributed by atoms with van der Waals surface area (Å²) < 4.78 is 6.03. The molecule has 6 unspecified atom stereocenters. The minimum Gasteiger partial charge on any atom is -0.504 e. The Hall–Kier alpha value is -2.46. The van der Waals surface area contributed by atoms with Gasteiger partial charge in [0.1, 0.15) is 24.3 Å². The van der Waals surface area contributed by atoms with Crippen LogP contribution in [0.4, 0.5) is 0 Å². The summed E-state index contributed by atoms with van der Waals surface area (Å²) in [5.41, 5.74) is 0.500. The fraction of sp³-hybridized carbons (Fsp3) is 0.700. The molecule has 1 aliphatic heterocycles. The number of benzene rings is 1. The number of aliphatic hydroxyl groups is 1. The summed E-state index contributed by atoms with van der Waals surface area (Å²) in [5.74, 6) is -1.61. The lowest BCUT2D eigenvalue weighted by atomic mass is 9.70. The highest BCUT2D eigenvalue weighted by Gasteiger charge is 2.63. The van der Waals surface area contributed by atoms with Gasteiger partial charge < -0.3 is 30.3 Å². The number of nitrogens with zero attached hydrogens (tertiary/aromatic N) is 1. The Morgan fingerprint density at radius 3 is 2.33 bits per heavy atom. The number of ether oxygens (including phenoxy) is 1. The van der Waals surface area contributed by atoms with E-state index in [-0.39, 0.29) is 40.8 Å². The lowest BCUT2D eigenvalue weighted by Gasteiger charge is -2.39. The maximum atomic E-state index is 13.2. The lowest BCUT2D eigenvalue weighted by Crippen LogP contribution is -2.53. The summed E-state index contributed by atoms with van der Waals surface area (Å²) in [6.45, 7) is 12.7. The van der Waals surface area contributed by atoms with Crippen LogP contribution in [0.2, 0.25) is 0 Å². The minimum atomic E-state index is -1.45. The first-order valence-electron chi connectivity index (χ1n) is 14.3. The van der Waals surface area contributed by atoms with Crippen molar-refractivity contribution in [1.82, 2.24) is 10.2 Å². The highest BCUT2D eigenvalue weighted by molar-refractivity contribution is 7.79. The quantitative estimate of drug-likeness (QED) is 0.188. The molecule has 0 aromatic heterocycles. The zero-order valence-electron chi connectivity index (χ0n) is 24.9. The fourth-order valence-corrected chi connectivity index (χ4v) is 6.43. The third-order valence-electron chi connectivity index (χ3n) is 9.28. The number of esters is 1. The van der Waals surface area contributed by atoms with E-state index in [1.54, 1.807) is 6.26 Å². The molecule has 1 heterocycles. The zero-order chi connectivity index (χ0) is 30.4. The van der Waals surface area contributed by atoms with Crippen molar-refractivity contribution in [2.75, 3.05) is 12.8 Å². The Kier molecular flexibility index (Phi) is 11.8. The van der Waals surface area contributed by atoms with Crippen molar-refractivity contribution < 1.29 is 34.4 Å². The predicted molar refractivity (Wildman–Crippen MR) is 157 cm³/mol. The molecule has 9 nitrogen and oxygen atoms in total. The largest absolute Gasteiger partial charge is 0.504 e. The van der Waals surface area contributed by atoms with E-state index in [1.165, 1.54) is 30.0 Å². The molecule has 1 aromatic rings. The maximum absolute atomic E-state index is 13.2. The number of aromatic hydroxyl groups is 2. The third kappa shape index (κ3) is 6.70. The summed E-state index contributed by atoms with van der Waals surface area (Å²) in [5, 5.41) is 31.8. The highest BCUT2D eigenvalue weighted by atomic mass is 32.1. The molecule has 4 N–H and O–H groups in total. The molecule has 6 atom stereocenters. The number of hydrogen-bond acceptors (Lipinski definition) is 8. The van der Waals surface area contributed by atoms with Gasteiger partial charge in [0, 0.05) is 18.4 Å². The molecule has 226 valence electrons. The van der Waals surface area contributed by atoms with Gasteiger partial charge in [-0.05, 0) is 74.3 Å². The zero-order valence-corrected chi connectivity index (χ0v) is 25.8. The summed E-state index contributed by atoms with van der Waals surface area (Å²) in [6.07, 6.45) is 4.24. The van der Waals surface area contributed by atoms with Gasteiger partial charge in [0.25, 0.3) is 0 Å². The predicted octanol–water partition coefficient (Wildman–Crippen LogP) is 3.83. The van der Waals surface area contributed by atoms with Crippen LogP contribution in [0.25, 0.3) is 0 Å². The van der Waals surface area contributed by atoms with Gasteiger partial charge in [0.05, 0.1) is 0 Å². The molecule has 0 spiro atoms. The second-order valence-electron chi connectivity index (χ2n) is 11.5. The molecule has 2 bridgehead atoms. The molecule has 1 aromatic carbocycles. The Bertz CT molecular complexity index is 1050. The van der Waals surface area contributed by atoms with E-state index in [0.29, 0.717) is 30.9 Å². The fourth-order valence-electron chi connectivity index (χ4n) is 6.43. The summed E-state index contributed by atoms with van der Waals surface area (Å²) in [6, 6.07) is 2.41. The maximum Gasteiger partial charge on any atom is 0.329 e. The number of amides is 2. The van der Waals surface area contributed by atoms with Crippen LogP contribution in [-0.2, 0) is 25.5 Å². The molecule has 2 aliphatic carbocycles. The number of phenolic OH excluding ortho intramolecular Hbond substituents is 2. The minimum absolute atomic E-state index is 0.0630. The number of carbonyl (C=O) groups excluding carboxylic acids is 3. The topological polar surface area (TPSA) is 136 Å². The highest BCUT2D eigenvalue weighted by Crippen LogP contribution is 2.66. The number of nitrogens with one attached hydrogen (secondary N) is 1. The number of rotatable bonds is 7. The van der Waals surface area contributed by atoms with Crippen LogP contribution < -0.4 is 5.32 Å². The van der Waals surface area contributed by atoms with Crippen molar-refractivity contribution in [2.45, 2.75) is 104 Å². The summed E-state index contributed by atoms with van der Waals surface area (Å²) in [4.78, 5) is 40.3. The van der Waals surface area contributed by atoms with Crippen molar-refractivity contribution in [2.24, 2.45) is 16.7 Å². The van der Waals surface area contributed by atoms with Crippen molar-refractivity contribution in [3.05, 3.63) is 23.8 Å². The van der Waals surface area contributed by atoms with Gasteiger partial charge in [0.15, 0.2) is 11.5 Å². The second-order valence-corrected chi connectivity index (χ2v) is 11.5. The molecule has 2 saturated carbocycles. The van der Waals surface area contributed by atoms with E-state index < -0.39 is 30.0 Å². The lowest BCUT2D eigenvalue weighted by molar-refractivity contribution is -0.165. The molecule has 2 amide bonds. The number of thiol groups is 1. The number of hydrogen-bond donors (Lipinski definition) is 5. The molecule has 40 heavy (non-hydrogen) atoms. The SMILES string of the molecule is CC.CC(NC(=O)C(O)Cc1ccc(O)c(O)c1)C(=O)N1CCCC1C(=O)OC1CC2CCC1(C)C2(C)C.CS. The smallest absolute Gasteiger partial charge is 0.329 e. The van der Waals surface area contributed by atoms with E-state index in [0.717, 1.165) is 19.3 Å². The van der Waals surface area contributed by atoms with Crippen LogP contribution in [-0.4, -0.2) is 75.1 Å². The summed E-state index contributed by atoms with van der Waals surface area (Å²) in [7, 11) is 0. The Morgan fingerprint density at radius 1 is 1.12 bits per heavy atom. The number of aliphatic hydroxyl groups excluding tert-OH is 1. The monoisotopic (exact) mass is 580 g/mol. The van der Waals surface area contributed by atoms with Gasteiger partial charge in [-0.25, -0.2) is 4.79 Å². The normalized spacial score (nSPS) is 27.4. The van der Waals surface area contributed by atoms with Gasteiger partial charge in [0.2, 0.25) is 11.8 Å². The van der Waals surface area contributed by atoms with Gasteiger partial charge in [-0.1, -0.05) is 40.7 Å². The van der Waals surface area contributed by atoms with E-state index >= 15 is 0 Å². The molecule has 10 heteroatoms. The number of carbonyl (C=O) groups is 3. The van der Waals surface area contributed by atoms with Crippen LogP contribution >= 0.6 is 12.6 Å². The van der Waals surface area contributed by atoms with Crippen molar-refractivity contribution in [3.63, 3.8) is 0 Å². The Morgan fingerprint density at radius 2 is 1.77 bits per heavy atom. The number of phenols is 2. The van der Waals surface area contributed by atoms with Crippen molar-refractivity contribution in [3.8, 4) is 11.5 Å². The van der Waals surface area contributed by atoms with Crippen LogP contribution in [0.15, 0.2) is 18.2 Å². The van der Waals surface area contributed by atoms with Crippen molar-refractivity contribution in [1.29, 1.82) is 0 Å². The molecule has 3 aliphatic rings. The van der Waals surface area contributed by atoms with Crippen LogP contribution in [0, 0.1) is 16.7 Å². The average molecular weight is 581 g/mol. The first-order chi connectivity index (χ1) is 18.8. The molecule has 0 radical (unpaired) electrons. The van der Waals surface area contributed by atoms with Gasteiger partial charge >= 0.3 is 5.97 Å². The van der Waals surface area contributed by atoms with Crippen molar-refractivity contribution >= 4 is 30.4 Å². The molecular weight excluding hydrogens is 532 g/mol. The van der Waals surface area contributed by atoms with Crippen LogP contribution in [0.1, 0.15) is 79.2 Å². The van der Waals surface area contributed by atoms with Crippen LogP contribution in [0.3, 0.4) is 0 Å². The molecule has 1 saturated heterocycles. The van der Waals surface area contributed by atoms with E-state index in [9.17, 15) is 29.7 Å². The van der Waals surface area contributed by atoms with Gasteiger partial charge in [-0.15, -0.1) is 0 Å². The van der Waals surface area contributed by atoms with E-state index in [1.807, 2.05) is 13.8 Å². The number of likely N-dealkylation sites (tertiary alicyclic amines) is 1. The summed E-state index contributed by atoms with van der Waals surface area (Å²) >= 11 is 3.53. The van der Waals surface area contributed by atoms with E-state index in [2.05, 4.69) is 38.7 Å². The Labute approximate surface area is 244 Å². The molecular formula is C30H48N2O7S. The standard InChI is InChI=1S/C27H38N2O7.C2H6.CH4S/c1-15(28-23(33)21(32)13-16-7-8-19(30)20(31)12-16)24(34)29-11-5-6-18(29)25(35)36-22-14-17-9-10-27(22,4)26(17,2)3;2*1-2/h7-8,12,15,17-18,21-22,30-32H,5-6,9-11,13-14H2,1-4H3,(H,28,33);1-2H3;2H,1H3. The average Bonchev–Trinajstić information content (AvgIpc) is 3.56. The molecule has 3 fully saturated rings. The second kappa shape index (κ2) is 13.9. The van der Waals surface area contributed by atoms with E-state index in [4.69, 9.17) is 4.74 Å². The van der Waals surface area contributed by atoms with Crippen LogP contribution in [0.5, 0.6) is 11.5 Å². The first kappa shape index (κ1) is 33.7. The third-order valence-corrected chi connectivity index (χ3v) is 9.28. The number of fused-ring (bicyclic) bond motifs is 2. The first-order valence-corrected chi connectivity index (χ1v) is 15.2. The molecule has 4 rings (SSSR count). The Balaban J connectivity index is 0.00000134. The van der Waals surface area contributed by atoms with Gasteiger partial charge in [-0.2, -0.15) is 12.6 Å². The van der Waals surface area contributed by atoms with Gasteiger partial charge in [-0.3, -0.25) is 9.59 Å².